The maximum Gasteiger partial charge on any atom is 0.407 e. The number of nitrogens with zero attached hydrogens (tertiary/aromatic N) is 1. The maximum absolute atomic E-state index is 12.4. The number of aromatic nitrogens is 1. The lowest BCUT2D eigenvalue weighted by atomic mass is 9.96. The Labute approximate surface area is 171 Å². The molecule has 4 N–H and O–H groups in total. The van der Waals surface area contributed by atoms with Crippen LogP contribution in [0.3, 0.4) is 0 Å². The Bertz CT molecular complexity index is 701. The van der Waals surface area contributed by atoms with Crippen LogP contribution in [0.5, 0.6) is 5.88 Å². The summed E-state index contributed by atoms with van der Waals surface area (Å²) >= 11 is 0. The van der Waals surface area contributed by atoms with Gasteiger partial charge in [-0.05, 0) is 49.7 Å². The molecule has 0 spiro atoms. The van der Waals surface area contributed by atoms with E-state index >= 15 is 0 Å². The molecular weight excluding hydrogens is 374 g/mol. The predicted molar refractivity (Wildman–Crippen MR) is 107 cm³/mol. The Balaban J connectivity index is 1.40. The molecule has 0 bridgehead atoms. The molecular formula is C20H31N5O4. The lowest BCUT2D eigenvalue weighted by Crippen LogP contribution is -2.45. The zero-order chi connectivity index (χ0) is 20.6. The third-order valence-corrected chi connectivity index (χ3v) is 5.43. The summed E-state index contributed by atoms with van der Waals surface area (Å²) < 4.78 is 10.6. The first kappa shape index (κ1) is 21.3. The highest BCUT2D eigenvalue weighted by Gasteiger charge is 2.37. The number of hydrazine groups is 1. The number of ether oxygens (including phenoxy) is 2. The minimum atomic E-state index is -0.326. The standard InChI is InChI=1S/C20H31N5O4/c1-3-7-22-20(27)29-15-5-4-14(11-15)16-12-17(25-24-16)23-18(26)9-13-6-8-21-19(10-13)28-2/h6,8,10,14-17,24-25H,3-5,7,9,11-12H2,1-2H3,(H,22,27)(H,23,26)/t14-,15+,16?,17?/m0/s1. The molecule has 1 saturated carbocycles. The van der Waals surface area contributed by atoms with Gasteiger partial charge < -0.3 is 20.1 Å². The molecule has 1 aliphatic heterocycles. The lowest BCUT2D eigenvalue weighted by Gasteiger charge is -2.18. The highest BCUT2D eigenvalue weighted by molar-refractivity contribution is 5.78. The Morgan fingerprint density at radius 3 is 2.93 bits per heavy atom. The van der Waals surface area contributed by atoms with Crippen LogP contribution in [0.25, 0.3) is 0 Å². The number of methoxy groups -OCH3 is 1. The molecule has 1 aromatic rings. The van der Waals surface area contributed by atoms with Crippen LogP contribution in [0.1, 0.15) is 44.6 Å². The van der Waals surface area contributed by atoms with E-state index in [1.165, 1.54) is 0 Å². The number of nitrogens with one attached hydrogen (secondary N) is 4. The van der Waals surface area contributed by atoms with Crippen LogP contribution in [0, 0.1) is 5.92 Å². The molecule has 2 unspecified atom stereocenters. The second-order valence-electron chi connectivity index (χ2n) is 7.66. The molecule has 2 heterocycles. The largest absolute Gasteiger partial charge is 0.481 e. The van der Waals surface area contributed by atoms with Crippen LogP contribution in [-0.2, 0) is 16.0 Å². The number of pyridine rings is 1. The molecule has 2 amide bonds. The first-order chi connectivity index (χ1) is 14.1. The van der Waals surface area contributed by atoms with Gasteiger partial charge in [0.1, 0.15) is 6.10 Å². The van der Waals surface area contributed by atoms with Crippen molar-refractivity contribution in [1.29, 1.82) is 0 Å². The smallest absolute Gasteiger partial charge is 0.407 e. The summed E-state index contributed by atoms with van der Waals surface area (Å²) in [6, 6.07) is 3.81. The summed E-state index contributed by atoms with van der Waals surface area (Å²) in [6.45, 7) is 2.64. The van der Waals surface area contributed by atoms with Gasteiger partial charge in [0, 0.05) is 24.8 Å². The number of rotatable bonds is 8. The van der Waals surface area contributed by atoms with Crippen molar-refractivity contribution in [2.75, 3.05) is 13.7 Å². The predicted octanol–water partition coefficient (Wildman–Crippen LogP) is 1.25. The van der Waals surface area contributed by atoms with E-state index in [2.05, 4.69) is 26.5 Å². The van der Waals surface area contributed by atoms with E-state index < -0.39 is 0 Å². The summed E-state index contributed by atoms with van der Waals surface area (Å²) in [7, 11) is 1.55. The number of carbonyl (C=O) groups is 2. The Morgan fingerprint density at radius 1 is 1.28 bits per heavy atom. The number of carbonyl (C=O) groups excluding carboxylic acids is 2. The minimum Gasteiger partial charge on any atom is -0.481 e. The highest BCUT2D eigenvalue weighted by Crippen LogP contribution is 2.32. The molecule has 4 atom stereocenters. The molecule has 1 aromatic heterocycles. The Morgan fingerprint density at radius 2 is 2.14 bits per heavy atom. The van der Waals surface area contributed by atoms with Crippen molar-refractivity contribution in [3.63, 3.8) is 0 Å². The van der Waals surface area contributed by atoms with Gasteiger partial charge in [-0.2, -0.15) is 0 Å². The molecule has 3 rings (SSSR count). The fourth-order valence-corrected chi connectivity index (χ4v) is 3.95. The summed E-state index contributed by atoms with van der Waals surface area (Å²) in [5.74, 6) is 0.855. The first-order valence-corrected chi connectivity index (χ1v) is 10.3. The zero-order valence-electron chi connectivity index (χ0n) is 17.1. The van der Waals surface area contributed by atoms with Gasteiger partial charge in [0.25, 0.3) is 0 Å². The normalized spacial score (nSPS) is 26.1. The molecule has 29 heavy (non-hydrogen) atoms. The van der Waals surface area contributed by atoms with Crippen molar-refractivity contribution in [3.8, 4) is 5.88 Å². The molecule has 9 nitrogen and oxygen atoms in total. The third-order valence-electron chi connectivity index (χ3n) is 5.43. The number of hydrogen-bond donors (Lipinski definition) is 4. The number of hydrogen-bond acceptors (Lipinski definition) is 7. The summed E-state index contributed by atoms with van der Waals surface area (Å²) in [5, 5.41) is 5.77. The van der Waals surface area contributed by atoms with E-state index in [-0.39, 0.29) is 36.7 Å². The molecule has 9 heteroatoms. The minimum absolute atomic E-state index is 0.0334. The molecule has 2 aliphatic rings. The van der Waals surface area contributed by atoms with Gasteiger partial charge in [-0.25, -0.2) is 15.2 Å². The van der Waals surface area contributed by atoms with Crippen molar-refractivity contribution in [2.24, 2.45) is 5.92 Å². The second-order valence-corrected chi connectivity index (χ2v) is 7.66. The maximum atomic E-state index is 12.4. The van der Waals surface area contributed by atoms with E-state index in [4.69, 9.17) is 9.47 Å². The quantitative estimate of drug-likeness (QED) is 0.515. The molecule has 1 saturated heterocycles. The Hall–Kier alpha value is -2.39. The average Bonchev–Trinajstić information content (AvgIpc) is 3.36. The van der Waals surface area contributed by atoms with Gasteiger partial charge in [0.05, 0.1) is 19.7 Å². The van der Waals surface area contributed by atoms with E-state index in [0.29, 0.717) is 18.3 Å². The van der Waals surface area contributed by atoms with Crippen LogP contribution >= 0.6 is 0 Å². The van der Waals surface area contributed by atoms with Crippen molar-refractivity contribution < 1.29 is 19.1 Å². The van der Waals surface area contributed by atoms with Crippen LogP contribution in [0.15, 0.2) is 18.3 Å². The van der Waals surface area contributed by atoms with E-state index in [1.807, 2.05) is 6.92 Å². The molecule has 0 radical (unpaired) electrons. The second kappa shape index (κ2) is 10.4. The van der Waals surface area contributed by atoms with E-state index in [9.17, 15) is 9.59 Å². The van der Waals surface area contributed by atoms with Gasteiger partial charge in [-0.1, -0.05) is 6.92 Å². The lowest BCUT2D eigenvalue weighted by molar-refractivity contribution is -0.121. The summed E-state index contributed by atoms with van der Waals surface area (Å²) in [6.07, 6.45) is 5.84. The van der Waals surface area contributed by atoms with Crippen LogP contribution in [0.4, 0.5) is 4.79 Å². The van der Waals surface area contributed by atoms with Gasteiger partial charge in [0.2, 0.25) is 11.8 Å². The fourth-order valence-electron chi connectivity index (χ4n) is 3.95. The van der Waals surface area contributed by atoms with E-state index in [1.54, 1.807) is 25.4 Å². The van der Waals surface area contributed by atoms with Gasteiger partial charge in [-0.3, -0.25) is 10.2 Å². The van der Waals surface area contributed by atoms with Crippen molar-refractivity contribution >= 4 is 12.0 Å². The molecule has 2 fully saturated rings. The summed E-state index contributed by atoms with van der Waals surface area (Å²) in [4.78, 5) is 28.1. The van der Waals surface area contributed by atoms with Crippen molar-refractivity contribution in [2.45, 2.75) is 63.8 Å². The third kappa shape index (κ3) is 6.30. The molecule has 1 aliphatic carbocycles. The van der Waals surface area contributed by atoms with Crippen LogP contribution in [0.2, 0.25) is 0 Å². The van der Waals surface area contributed by atoms with Gasteiger partial charge in [-0.15, -0.1) is 0 Å². The fraction of sp³-hybridized carbons (Fsp3) is 0.650. The van der Waals surface area contributed by atoms with E-state index in [0.717, 1.165) is 37.7 Å². The van der Waals surface area contributed by atoms with Gasteiger partial charge >= 0.3 is 6.09 Å². The average molecular weight is 405 g/mol. The summed E-state index contributed by atoms with van der Waals surface area (Å²) in [5.41, 5.74) is 7.32. The van der Waals surface area contributed by atoms with Crippen molar-refractivity contribution in [3.05, 3.63) is 23.9 Å². The molecule has 160 valence electrons. The first-order valence-electron chi connectivity index (χ1n) is 10.3. The van der Waals surface area contributed by atoms with Crippen molar-refractivity contribution in [1.82, 2.24) is 26.5 Å². The van der Waals surface area contributed by atoms with Crippen LogP contribution in [-0.4, -0.2) is 49.0 Å². The monoisotopic (exact) mass is 405 g/mol. The van der Waals surface area contributed by atoms with Gasteiger partial charge in [0.15, 0.2) is 0 Å². The number of amides is 2. The topological polar surface area (TPSA) is 114 Å². The highest BCUT2D eigenvalue weighted by atomic mass is 16.6. The Kier molecular flexibility index (Phi) is 7.65. The number of alkyl carbamates (subject to hydrolysis) is 1. The van der Waals surface area contributed by atoms with Crippen LogP contribution < -0.4 is 26.2 Å². The molecule has 0 aromatic carbocycles. The zero-order valence-corrected chi connectivity index (χ0v) is 17.1. The SMILES string of the molecule is CCCNC(=O)O[C@@H]1CC[C@H](C2CC(NC(=O)Cc3ccnc(OC)c3)NN2)C1.